The van der Waals surface area contributed by atoms with Gasteiger partial charge in [0.2, 0.25) is 0 Å². The Kier molecular flexibility index (Phi) is 4.56. The van der Waals surface area contributed by atoms with Crippen LogP contribution < -0.4 is 0 Å². The smallest absolute Gasteiger partial charge is 0.283 e. The lowest BCUT2D eigenvalue weighted by atomic mass is 10.0. The highest BCUT2D eigenvalue weighted by molar-refractivity contribution is 7.89. The minimum absolute atomic E-state index is 0.213. The van der Waals surface area contributed by atoms with Gasteiger partial charge in [-0.3, -0.25) is 0 Å². The first-order chi connectivity index (χ1) is 13.4. The zero-order valence-corrected chi connectivity index (χ0v) is 16.7. The molecule has 6 nitrogen and oxygen atoms in total. The summed E-state index contributed by atoms with van der Waals surface area (Å²) in [6, 6.07) is 15.6. The molecule has 0 aliphatic rings. The molecule has 0 atom stereocenters. The summed E-state index contributed by atoms with van der Waals surface area (Å²) in [7, 11) is -3.80. The fraction of sp³-hybridized carbons (Fsp3) is 0.100. The Balaban J connectivity index is 1.80. The molecule has 0 aliphatic heterocycles. The predicted molar refractivity (Wildman–Crippen MR) is 107 cm³/mol. The standard InChI is InChI=1S/C20H16ClN3O3S/c1-13-5-3-4-6-18(13)28(25,26)24-12-11-17(22-24)19-14(2)27-23-20(19)15-7-9-16(21)10-8-15/h3-12H,1-2H3. The van der Waals surface area contributed by atoms with Gasteiger partial charge in [0, 0.05) is 16.8 Å². The molecule has 0 N–H and O–H groups in total. The fourth-order valence-corrected chi connectivity index (χ4v) is 4.47. The fourth-order valence-electron chi connectivity index (χ4n) is 3.00. The number of halogens is 1. The van der Waals surface area contributed by atoms with Gasteiger partial charge in [-0.1, -0.05) is 47.1 Å². The monoisotopic (exact) mass is 413 g/mol. The molecule has 2 aromatic heterocycles. The van der Waals surface area contributed by atoms with Crippen LogP contribution in [0.3, 0.4) is 0 Å². The minimum Gasteiger partial charge on any atom is -0.360 e. The SMILES string of the molecule is Cc1ccccc1S(=O)(=O)n1ccc(-c2c(-c3ccc(Cl)cc3)noc2C)n1. The maximum Gasteiger partial charge on any atom is 0.283 e. The van der Waals surface area contributed by atoms with Crippen molar-refractivity contribution in [3.05, 3.63) is 77.1 Å². The molecule has 0 radical (unpaired) electrons. The van der Waals surface area contributed by atoms with E-state index in [9.17, 15) is 8.42 Å². The van der Waals surface area contributed by atoms with Crippen LogP contribution in [0.1, 0.15) is 11.3 Å². The van der Waals surface area contributed by atoms with Crippen LogP contribution in [0, 0.1) is 13.8 Å². The highest BCUT2D eigenvalue weighted by atomic mass is 35.5. The zero-order valence-electron chi connectivity index (χ0n) is 15.1. The summed E-state index contributed by atoms with van der Waals surface area (Å²) in [6.45, 7) is 3.51. The molecule has 0 aliphatic carbocycles. The second-order valence-electron chi connectivity index (χ2n) is 6.31. The van der Waals surface area contributed by atoms with Gasteiger partial charge in [-0.2, -0.15) is 17.6 Å². The van der Waals surface area contributed by atoms with Crippen molar-refractivity contribution in [2.75, 3.05) is 0 Å². The van der Waals surface area contributed by atoms with Crippen LogP contribution in [0.25, 0.3) is 22.5 Å². The Hall–Kier alpha value is -2.90. The van der Waals surface area contributed by atoms with Crippen molar-refractivity contribution in [2.45, 2.75) is 18.7 Å². The number of nitrogens with zero attached hydrogens (tertiary/aromatic N) is 3. The summed E-state index contributed by atoms with van der Waals surface area (Å²) in [5.41, 5.74) is 3.13. The molecular formula is C20H16ClN3O3S. The van der Waals surface area contributed by atoms with E-state index in [1.807, 2.05) is 12.1 Å². The van der Waals surface area contributed by atoms with Crippen molar-refractivity contribution in [1.29, 1.82) is 0 Å². The zero-order chi connectivity index (χ0) is 19.9. The second kappa shape index (κ2) is 6.92. The number of aromatic nitrogens is 3. The third-order valence-corrected chi connectivity index (χ3v) is 6.38. The van der Waals surface area contributed by atoms with Gasteiger partial charge in [0.25, 0.3) is 10.0 Å². The normalized spacial score (nSPS) is 11.7. The highest BCUT2D eigenvalue weighted by Crippen LogP contribution is 2.34. The van der Waals surface area contributed by atoms with Crippen molar-refractivity contribution in [3.63, 3.8) is 0 Å². The minimum atomic E-state index is -3.80. The molecule has 4 rings (SSSR count). The summed E-state index contributed by atoms with van der Waals surface area (Å²) in [6.07, 6.45) is 1.43. The Morgan fingerprint density at radius 2 is 1.71 bits per heavy atom. The van der Waals surface area contributed by atoms with Crippen molar-refractivity contribution in [1.82, 2.24) is 14.3 Å². The van der Waals surface area contributed by atoms with Gasteiger partial charge in [-0.15, -0.1) is 0 Å². The number of aryl methyl sites for hydroxylation is 2. The lowest BCUT2D eigenvalue weighted by Crippen LogP contribution is -2.14. The van der Waals surface area contributed by atoms with Crippen LogP contribution in [0.4, 0.5) is 0 Å². The molecule has 0 saturated heterocycles. The first-order valence-corrected chi connectivity index (χ1v) is 10.3. The lowest BCUT2D eigenvalue weighted by Gasteiger charge is -2.07. The molecule has 4 aromatic rings. The molecule has 0 saturated carbocycles. The summed E-state index contributed by atoms with van der Waals surface area (Å²) in [5.74, 6) is 0.545. The maximum atomic E-state index is 13.0. The van der Waals surface area contributed by atoms with Gasteiger partial charge < -0.3 is 4.52 Å². The molecule has 0 bridgehead atoms. The van der Waals surface area contributed by atoms with Gasteiger partial charge >= 0.3 is 0 Å². The van der Waals surface area contributed by atoms with E-state index in [4.69, 9.17) is 16.1 Å². The van der Waals surface area contributed by atoms with E-state index < -0.39 is 10.0 Å². The van der Waals surface area contributed by atoms with E-state index >= 15 is 0 Å². The van der Waals surface area contributed by atoms with E-state index in [2.05, 4.69) is 10.3 Å². The molecule has 2 heterocycles. The van der Waals surface area contributed by atoms with Crippen LogP contribution in [0.5, 0.6) is 0 Å². The number of hydrogen-bond donors (Lipinski definition) is 0. The number of hydrogen-bond acceptors (Lipinski definition) is 5. The molecule has 2 aromatic carbocycles. The summed E-state index contributed by atoms with van der Waals surface area (Å²) >= 11 is 5.96. The molecule has 8 heteroatoms. The lowest BCUT2D eigenvalue weighted by molar-refractivity contribution is 0.400. The van der Waals surface area contributed by atoms with Gasteiger partial charge in [-0.05, 0) is 43.7 Å². The van der Waals surface area contributed by atoms with Gasteiger partial charge in [0.05, 0.1) is 16.2 Å². The summed E-state index contributed by atoms with van der Waals surface area (Å²) in [4.78, 5) is 0.213. The van der Waals surface area contributed by atoms with Gasteiger partial charge in [0.1, 0.15) is 11.5 Å². The average Bonchev–Trinajstić information content (AvgIpc) is 3.29. The number of benzene rings is 2. The summed E-state index contributed by atoms with van der Waals surface area (Å²) < 4.78 is 32.2. The van der Waals surface area contributed by atoms with Crippen LogP contribution in [-0.2, 0) is 10.0 Å². The van der Waals surface area contributed by atoms with E-state index in [0.717, 1.165) is 9.65 Å². The Labute approximate surface area is 167 Å². The first-order valence-electron chi connectivity index (χ1n) is 8.47. The van der Waals surface area contributed by atoms with E-state index in [1.165, 1.54) is 6.20 Å². The predicted octanol–water partition coefficient (Wildman–Crippen LogP) is 4.71. The van der Waals surface area contributed by atoms with Crippen molar-refractivity contribution in [2.24, 2.45) is 0 Å². The van der Waals surface area contributed by atoms with Crippen LogP contribution in [-0.4, -0.2) is 22.8 Å². The van der Waals surface area contributed by atoms with Gasteiger partial charge in [0.15, 0.2) is 0 Å². The quantitative estimate of drug-likeness (QED) is 0.484. The van der Waals surface area contributed by atoms with Crippen molar-refractivity contribution < 1.29 is 12.9 Å². The topological polar surface area (TPSA) is 78.0 Å². The van der Waals surface area contributed by atoms with Crippen molar-refractivity contribution in [3.8, 4) is 22.5 Å². The number of rotatable bonds is 4. The van der Waals surface area contributed by atoms with Gasteiger partial charge in [-0.25, -0.2) is 0 Å². The Bertz CT molecular complexity index is 1260. The third kappa shape index (κ3) is 3.12. The molecule has 142 valence electrons. The molecule has 0 fully saturated rings. The van der Waals surface area contributed by atoms with E-state index in [1.54, 1.807) is 56.3 Å². The van der Waals surface area contributed by atoms with E-state index in [-0.39, 0.29) is 4.90 Å². The molecule has 0 spiro atoms. The maximum absolute atomic E-state index is 13.0. The first kappa shape index (κ1) is 18.5. The van der Waals surface area contributed by atoms with Crippen LogP contribution in [0.2, 0.25) is 5.02 Å². The molecule has 0 unspecified atom stereocenters. The third-order valence-electron chi connectivity index (χ3n) is 4.42. The average molecular weight is 414 g/mol. The Morgan fingerprint density at radius 1 is 1.00 bits per heavy atom. The molecular weight excluding hydrogens is 398 g/mol. The second-order valence-corrected chi connectivity index (χ2v) is 8.51. The van der Waals surface area contributed by atoms with Crippen molar-refractivity contribution >= 4 is 21.6 Å². The molecule has 0 amide bonds. The largest absolute Gasteiger partial charge is 0.360 e. The van der Waals surface area contributed by atoms with E-state index in [0.29, 0.717) is 33.3 Å². The Morgan fingerprint density at radius 3 is 2.43 bits per heavy atom. The highest BCUT2D eigenvalue weighted by Gasteiger charge is 2.23. The van der Waals surface area contributed by atoms with Crippen LogP contribution >= 0.6 is 11.6 Å². The summed E-state index contributed by atoms with van der Waals surface area (Å²) in [5, 5.41) is 9.04. The van der Waals surface area contributed by atoms with Crippen LogP contribution in [0.15, 0.2) is 70.2 Å². The molecule has 28 heavy (non-hydrogen) atoms.